The predicted molar refractivity (Wildman–Crippen MR) is 76.0 cm³/mol. The molecule has 0 spiro atoms. The first-order chi connectivity index (χ1) is 8.54. The summed E-state index contributed by atoms with van der Waals surface area (Å²) in [6.45, 7) is 6.22. The standard InChI is InChI=1S/C14H23N3O/c1-11-6-5-7-13(12(11)2)16-14(18)10-17(4)9-8-15-3/h5-7,15H,8-10H2,1-4H3,(H,16,18). The second-order valence-corrected chi connectivity index (χ2v) is 4.64. The summed E-state index contributed by atoms with van der Waals surface area (Å²) in [5.41, 5.74) is 3.22. The topological polar surface area (TPSA) is 44.4 Å². The lowest BCUT2D eigenvalue weighted by molar-refractivity contribution is -0.117. The number of nitrogens with zero attached hydrogens (tertiary/aromatic N) is 1. The van der Waals surface area contributed by atoms with Crippen LogP contribution in [0.1, 0.15) is 11.1 Å². The van der Waals surface area contributed by atoms with Crippen LogP contribution in [-0.4, -0.2) is 44.5 Å². The molecule has 4 heteroatoms. The Labute approximate surface area is 109 Å². The highest BCUT2D eigenvalue weighted by molar-refractivity contribution is 5.93. The molecular weight excluding hydrogens is 226 g/mol. The zero-order chi connectivity index (χ0) is 13.5. The Morgan fingerprint density at radius 2 is 2.06 bits per heavy atom. The van der Waals surface area contributed by atoms with Gasteiger partial charge in [0.25, 0.3) is 0 Å². The van der Waals surface area contributed by atoms with Gasteiger partial charge in [-0.2, -0.15) is 0 Å². The molecule has 0 saturated carbocycles. The monoisotopic (exact) mass is 249 g/mol. The van der Waals surface area contributed by atoms with Crippen molar-refractivity contribution in [3.8, 4) is 0 Å². The Bertz CT molecular complexity index is 404. The van der Waals surface area contributed by atoms with Crippen LogP contribution in [0.2, 0.25) is 0 Å². The number of benzene rings is 1. The van der Waals surface area contributed by atoms with Gasteiger partial charge in [-0.05, 0) is 45.1 Å². The summed E-state index contributed by atoms with van der Waals surface area (Å²) in [6, 6.07) is 5.94. The van der Waals surface area contributed by atoms with Crippen molar-refractivity contribution >= 4 is 11.6 Å². The lowest BCUT2D eigenvalue weighted by atomic mass is 10.1. The van der Waals surface area contributed by atoms with E-state index < -0.39 is 0 Å². The van der Waals surface area contributed by atoms with Gasteiger partial charge in [0.05, 0.1) is 6.54 Å². The second kappa shape index (κ2) is 7.13. The molecular formula is C14H23N3O. The van der Waals surface area contributed by atoms with Gasteiger partial charge in [-0.3, -0.25) is 9.69 Å². The minimum Gasteiger partial charge on any atom is -0.325 e. The van der Waals surface area contributed by atoms with Crippen LogP contribution in [0.5, 0.6) is 0 Å². The van der Waals surface area contributed by atoms with Crippen LogP contribution in [0.4, 0.5) is 5.69 Å². The number of hydrogen-bond acceptors (Lipinski definition) is 3. The first-order valence-corrected chi connectivity index (χ1v) is 6.23. The molecule has 1 aromatic carbocycles. The van der Waals surface area contributed by atoms with Gasteiger partial charge in [0.15, 0.2) is 0 Å². The molecule has 0 fully saturated rings. The smallest absolute Gasteiger partial charge is 0.238 e. The van der Waals surface area contributed by atoms with E-state index in [0.717, 1.165) is 24.3 Å². The lowest BCUT2D eigenvalue weighted by Crippen LogP contribution is -2.34. The average Bonchev–Trinajstić information content (AvgIpc) is 2.32. The van der Waals surface area contributed by atoms with Crippen molar-refractivity contribution in [1.82, 2.24) is 10.2 Å². The molecule has 0 aliphatic carbocycles. The van der Waals surface area contributed by atoms with E-state index in [2.05, 4.69) is 10.6 Å². The molecule has 18 heavy (non-hydrogen) atoms. The maximum Gasteiger partial charge on any atom is 0.238 e. The first kappa shape index (κ1) is 14.7. The van der Waals surface area contributed by atoms with Crippen LogP contribution in [0, 0.1) is 13.8 Å². The molecule has 0 saturated heterocycles. The fraction of sp³-hybridized carbons (Fsp3) is 0.500. The van der Waals surface area contributed by atoms with Crippen LogP contribution in [0.15, 0.2) is 18.2 Å². The molecule has 0 radical (unpaired) electrons. The third-order valence-electron chi connectivity index (χ3n) is 3.04. The lowest BCUT2D eigenvalue weighted by Gasteiger charge is -2.17. The molecule has 0 aliphatic rings. The van der Waals surface area contributed by atoms with Crippen molar-refractivity contribution in [2.24, 2.45) is 0 Å². The number of rotatable bonds is 6. The third-order valence-corrected chi connectivity index (χ3v) is 3.04. The number of likely N-dealkylation sites (N-methyl/N-ethyl adjacent to an activating group) is 2. The molecule has 2 N–H and O–H groups in total. The van der Waals surface area contributed by atoms with Crippen LogP contribution >= 0.6 is 0 Å². The van der Waals surface area contributed by atoms with E-state index in [1.807, 2.05) is 51.0 Å². The van der Waals surface area contributed by atoms with Crippen molar-refractivity contribution in [2.75, 3.05) is 39.0 Å². The Morgan fingerprint density at radius 1 is 1.33 bits per heavy atom. The molecule has 0 bridgehead atoms. The van der Waals surface area contributed by atoms with Crippen LogP contribution in [-0.2, 0) is 4.79 Å². The summed E-state index contributed by atoms with van der Waals surface area (Å²) in [5.74, 6) is 0.0299. The van der Waals surface area contributed by atoms with Crippen molar-refractivity contribution < 1.29 is 4.79 Å². The van der Waals surface area contributed by atoms with E-state index in [-0.39, 0.29) is 5.91 Å². The molecule has 0 aromatic heterocycles. The number of nitrogens with one attached hydrogen (secondary N) is 2. The van der Waals surface area contributed by atoms with Gasteiger partial charge in [-0.15, -0.1) is 0 Å². The summed E-state index contributed by atoms with van der Waals surface area (Å²) in [5, 5.41) is 6.02. The molecule has 0 unspecified atom stereocenters. The van der Waals surface area contributed by atoms with Gasteiger partial charge in [0.1, 0.15) is 0 Å². The Hall–Kier alpha value is -1.39. The normalized spacial score (nSPS) is 10.7. The van der Waals surface area contributed by atoms with E-state index in [1.54, 1.807) is 0 Å². The summed E-state index contributed by atoms with van der Waals surface area (Å²) in [6.07, 6.45) is 0. The molecule has 0 atom stereocenters. The van der Waals surface area contributed by atoms with Crippen molar-refractivity contribution in [1.29, 1.82) is 0 Å². The highest BCUT2D eigenvalue weighted by Gasteiger charge is 2.08. The van der Waals surface area contributed by atoms with Gasteiger partial charge in [-0.25, -0.2) is 0 Å². The number of hydrogen-bond donors (Lipinski definition) is 2. The van der Waals surface area contributed by atoms with Crippen molar-refractivity contribution in [3.05, 3.63) is 29.3 Å². The summed E-state index contributed by atoms with van der Waals surface area (Å²) in [4.78, 5) is 13.9. The SMILES string of the molecule is CNCCN(C)CC(=O)Nc1cccc(C)c1C. The van der Waals surface area contributed by atoms with E-state index in [0.29, 0.717) is 6.54 Å². The van der Waals surface area contributed by atoms with E-state index >= 15 is 0 Å². The molecule has 1 rings (SSSR count). The molecule has 1 amide bonds. The quantitative estimate of drug-likeness (QED) is 0.801. The first-order valence-electron chi connectivity index (χ1n) is 6.23. The Balaban J connectivity index is 2.52. The fourth-order valence-electron chi connectivity index (χ4n) is 1.70. The van der Waals surface area contributed by atoms with E-state index in [9.17, 15) is 4.79 Å². The van der Waals surface area contributed by atoms with E-state index in [1.165, 1.54) is 5.56 Å². The second-order valence-electron chi connectivity index (χ2n) is 4.64. The van der Waals surface area contributed by atoms with Crippen LogP contribution in [0.25, 0.3) is 0 Å². The Morgan fingerprint density at radius 3 is 2.72 bits per heavy atom. The summed E-state index contributed by atoms with van der Waals surface area (Å²) < 4.78 is 0. The number of carbonyl (C=O) groups excluding carboxylic acids is 1. The molecule has 4 nitrogen and oxygen atoms in total. The molecule has 1 aromatic rings. The largest absolute Gasteiger partial charge is 0.325 e. The summed E-state index contributed by atoms with van der Waals surface area (Å²) >= 11 is 0. The minimum absolute atomic E-state index is 0.0299. The number of aryl methyl sites for hydroxylation is 1. The van der Waals surface area contributed by atoms with Gasteiger partial charge in [-0.1, -0.05) is 12.1 Å². The fourth-order valence-corrected chi connectivity index (χ4v) is 1.70. The molecule has 0 aliphatic heterocycles. The van der Waals surface area contributed by atoms with Crippen LogP contribution < -0.4 is 10.6 Å². The number of anilines is 1. The number of carbonyl (C=O) groups is 1. The molecule has 0 heterocycles. The maximum atomic E-state index is 11.9. The Kier molecular flexibility index (Phi) is 5.82. The zero-order valence-electron chi connectivity index (χ0n) is 11.7. The van der Waals surface area contributed by atoms with Crippen molar-refractivity contribution in [3.63, 3.8) is 0 Å². The summed E-state index contributed by atoms with van der Waals surface area (Å²) in [7, 11) is 3.85. The zero-order valence-corrected chi connectivity index (χ0v) is 11.7. The van der Waals surface area contributed by atoms with Crippen LogP contribution in [0.3, 0.4) is 0 Å². The van der Waals surface area contributed by atoms with Gasteiger partial charge in [0.2, 0.25) is 5.91 Å². The van der Waals surface area contributed by atoms with Gasteiger partial charge in [0, 0.05) is 18.8 Å². The molecule has 100 valence electrons. The average molecular weight is 249 g/mol. The van der Waals surface area contributed by atoms with Gasteiger partial charge < -0.3 is 10.6 Å². The highest BCUT2D eigenvalue weighted by Crippen LogP contribution is 2.17. The van der Waals surface area contributed by atoms with Crippen molar-refractivity contribution in [2.45, 2.75) is 13.8 Å². The number of amides is 1. The minimum atomic E-state index is 0.0299. The predicted octanol–water partition coefficient (Wildman–Crippen LogP) is 1.39. The maximum absolute atomic E-state index is 11.9. The van der Waals surface area contributed by atoms with E-state index in [4.69, 9.17) is 0 Å². The van der Waals surface area contributed by atoms with Gasteiger partial charge >= 0.3 is 0 Å². The third kappa shape index (κ3) is 4.47. The highest BCUT2D eigenvalue weighted by atomic mass is 16.2.